The Balaban J connectivity index is 2.18. The van der Waals surface area contributed by atoms with Crippen LogP contribution >= 0.6 is 11.6 Å². The van der Waals surface area contributed by atoms with Crippen LogP contribution in [0, 0.1) is 5.82 Å². The smallest absolute Gasteiger partial charge is 0.297 e. The van der Waals surface area contributed by atoms with E-state index in [9.17, 15) is 9.18 Å². The van der Waals surface area contributed by atoms with Gasteiger partial charge in [0.1, 0.15) is 5.82 Å². The number of hydrogen-bond acceptors (Lipinski definition) is 4. The fraction of sp³-hybridized carbons (Fsp3) is 0. The lowest BCUT2D eigenvalue weighted by atomic mass is 10.3. The molecular weight excluding hydrogens is 237 g/mol. The number of nitrogens with one attached hydrogen (secondary N) is 2. The Labute approximate surface area is 93.8 Å². The largest absolute Gasteiger partial charge is 0.319 e. The monoisotopic (exact) mass is 241 g/mol. The number of tetrazole rings is 1. The Morgan fingerprint density at radius 2 is 2.25 bits per heavy atom. The van der Waals surface area contributed by atoms with Gasteiger partial charge in [-0.1, -0.05) is 11.6 Å². The summed E-state index contributed by atoms with van der Waals surface area (Å²) >= 11 is 5.62. The number of rotatable bonds is 2. The van der Waals surface area contributed by atoms with Crippen LogP contribution in [0.5, 0.6) is 0 Å². The zero-order valence-electron chi connectivity index (χ0n) is 7.74. The van der Waals surface area contributed by atoms with Crippen molar-refractivity contribution in [3.05, 3.63) is 34.9 Å². The van der Waals surface area contributed by atoms with Crippen molar-refractivity contribution in [3.63, 3.8) is 0 Å². The minimum atomic E-state index is -0.601. The molecule has 1 amide bonds. The van der Waals surface area contributed by atoms with Crippen LogP contribution in [0.4, 0.5) is 10.1 Å². The molecule has 0 aliphatic rings. The highest BCUT2D eigenvalue weighted by Gasteiger charge is 2.11. The van der Waals surface area contributed by atoms with Gasteiger partial charge in [0.15, 0.2) is 0 Å². The lowest BCUT2D eigenvalue weighted by Crippen LogP contribution is -2.13. The van der Waals surface area contributed by atoms with Gasteiger partial charge in [-0.05, 0) is 23.4 Å². The number of anilines is 1. The van der Waals surface area contributed by atoms with Gasteiger partial charge in [-0.25, -0.2) is 4.39 Å². The molecule has 0 bridgehead atoms. The summed E-state index contributed by atoms with van der Waals surface area (Å²) in [6, 6.07) is 3.66. The zero-order chi connectivity index (χ0) is 11.5. The van der Waals surface area contributed by atoms with E-state index in [1.165, 1.54) is 6.07 Å². The molecular formula is C8H5ClFN5O. The predicted molar refractivity (Wildman–Crippen MR) is 53.5 cm³/mol. The molecule has 2 N–H and O–H groups in total. The summed E-state index contributed by atoms with van der Waals surface area (Å²) in [6.07, 6.45) is 0. The summed E-state index contributed by atoms with van der Waals surface area (Å²) in [7, 11) is 0. The quantitative estimate of drug-likeness (QED) is 0.829. The molecule has 0 radical (unpaired) electrons. The van der Waals surface area contributed by atoms with E-state index in [4.69, 9.17) is 11.6 Å². The fourth-order valence-electron chi connectivity index (χ4n) is 1.07. The third-order valence-corrected chi connectivity index (χ3v) is 1.89. The van der Waals surface area contributed by atoms with Crippen molar-refractivity contribution >= 4 is 23.2 Å². The van der Waals surface area contributed by atoms with Crippen molar-refractivity contribution in [1.82, 2.24) is 20.6 Å². The molecule has 16 heavy (non-hydrogen) atoms. The van der Waals surface area contributed by atoms with Crippen molar-refractivity contribution in [3.8, 4) is 0 Å². The normalized spacial score (nSPS) is 10.1. The molecule has 0 saturated carbocycles. The molecule has 0 aliphatic carbocycles. The Morgan fingerprint density at radius 1 is 1.44 bits per heavy atom. The highest BCUT2D eigenvalue weighted by Crippen LogP contribution is 2.18. The number of amides is 1. The van der Waals surface area contributed by atoms with Gasteiger partial charge in [-0.15, -0.1) is 10.2 Å². The summed E-state index contributed by atoms with van der Waals surface area (Å²) in [4.78, 5) is 11.4. The molecule has 0 saturated heterocycles. The minimum absolute atomic E-state index is 0.139. The predicted octanol–water partition coefficient (Wildman–Crippen LogP) is 1.24. The molecule has 0 aliphatic heterocycles. The lowest BCUT2D eigenvalue weighted by molar-refractivity contribution is 0.101. The van der Waals surface area contributed by atoms with E-state index in [-0.39, 0.29) is 16.5 Å². The molecule has 2 rings (SSSR count). The van der Waals surface area contributed by atoms with Crippen LogP contribution in [-0.4, -0.2) is 26.5 Å². The van der Waals surface area contributed by atoms with Gasteiger partial charge in [0.25, 0.3) is 11.7 Å². The molecule has 6 nitrogen and oxygen atoms in total. The van der Waals surface area contributed by atoms with Crippen LogP contribution in [0.1, 0.15) is 10.6 Å². The topological polar surface area (TPSA) is 83.6 Å². The van der Waals surface area contributed by atoms with Crippen LogP contribution in [0.25, 0.3) is 0 Å². The molecule has 2 aromatic rings. The molecule has 1 aromatic carbocycles. The number of carbonyl (C=O) groups is 1. The van der Waals surface area contributed by atoms with Gasteiger partial charge in [-0.2, -0.15) is 5.21 Å². The number of carbonyl (C=O) groups excluding carboxylic acids is 1. The number of halogens is 2. The first kappa shape index (κ1) is 10.5. The van der Waals surface area contributed by atoms with Gasteiger partial charge in [-0.3, -0.25) is 4.79 Å². The van der Waals surface area contributed by atoms with Crippen LogP contribution in [0.3, 0.4) is 0 Å². The Morgan fingerprint density at radius 3 is 2.88 bits per heavy atom. The van der Waals surface area contributed by atoms with Gasteiger partial charge in [0, 0.05) is 10.7 Å². The number of hydrogen-bond donors (Lipinski definition) is 2. The molecule has 1 heterocycles. The second-order valence-electron chi connectivity index (χ2n) is 2.85. The van der Waals surface area contributed by atoms with E-state index in [1.54, 1.807) is 0 Å². The Bertz CT molecular complexity index is 495. The van der Waals surface area contributed by atoms with Gasteiger partial charge >= 0.3 is 0 Å². The first-order chi connectivity index (χ1) is 7.65. The van der Waals surface area contributed by atoms with Crippen molar-refractivity contribution in [2.75, 3.05) is 5.32 Å². The minimum Gasteiger partial charge on any atom is -0.319 e. The fourth-order valence-corrected chi connectivity index (χ4v) is 1.29. The second kappa shape index (κ2) is 4.23. The summed E-state index contributed by atoms with van der Waals surface area (Å²) in [5.74, 6) is -1.29. The van der Waals surface area contributed by atoms with E-state index in [2.05, 4.69) is 25.9 Å². The Kier molecular flexibility index (Phi) is 2.78. The summed E-state index contributed by atoms with van der Waals surface area (Å²) < 4.78 is 12.9. The highest BCUT2D eigenvalue weighted by atomic mass is 35.5. The van der Waals surface area contributed by atoms with Crippen LogP contribution in [-0.2, 0) is 0 Å². The second-order valence-corrected chi connectivity index (χ2v) is 3.28. The third-order valence-electron chi connectivity index (χ3n) is 1.67. The van der Waals surface area contributed by atoms with E-state index >= 15 is 0 Å². The first-order valence-electron chi connectivity index (χ1n) is 4.16. The maximum absolute atomic E-state index is 12.9. The Hall–Kier alpha value is -2.02. The van der Waals surface area contributed by atoms with Crippen molar-refractivity contribution in [2.45, 2.75) is 0 Å². The maximum atomic E-state index is 12.9. The summed E-state index contributed by atoms with van der Waals surface area (Å²) in [6.45, 7) is 0. The number of benzene rings is 1. The zero-order valence-corrected chi connectivity index (χ0v) is 8.49. The van der Waals surface area contributed by atoms with Crippen LogP contribution in [0.2, 0.25) is 5.02 Å². The number of aromatic amines is 1. The SMILES string of the molecule is O=C(Nc1cc(F)cc(Cl)c1)c1nn[nH]n1. The molecule has 0 atom stereocenters. The lowest BCUT2D eigenvalue weighted by Gasteiger charge is -2.02. The van der Waals surface area contributed by atoms with E-state index < -0.39 is 11.7 Å². The molecule has 82 valence electrons. The maximum Gasteiger partial charge on any atom is 0.297 e. The molecule has 8 heteroatoms. The summed E-state index contributed by atoms with van der Waals surface area (Å²) in [5.41, 5.74) is 0.222. The van der Waals surface area contributed by atoms with Gasteiger partial charge < -0.3 is 5.32 Å². The number of nitrogens with zero attached hydrogens (tertiary/aromatic N) is 3. The average molecular weight is 242 g/mol. The average Bonchev–Trinajstić information content (AvgIpc) is 2.68. The van der Waals surface area contributed by atoms with E-state index in [0.717, 1.165) is 12.1 Å². The number of aromatic nitrogens is 4. The highest BCUT2D eigenvalue weighted by molar-refractivity contribution is 6.31. The van der Waals surface area contributed by atoms with Crippen molar-refractivity contribution in [2.24, 2.45) is 0 Å². The van der Waals surface area contributed by atoms with E-state index in [1.807, 2.05) is 0 Å². The third kappa shape index (κ3) is 2.31. The molecule has 1 aromatic heterocycles. The van der Waals surface area contributed by atoms with Crippen LogP contribution < -0.4 is 5.32 Å². The first-order valence-corrected chi connectivity index (χ1v) is 4.54. The summed E-state index contributed by atoms with van der Waals surface area (Å²) in [5, 5.41) is 14.9. The number of H-pyrrole nitrogens is 1. The molecule has 0 fully saturated rings. The standard InChI is InChI=1S/C8H5ClFN5O/c9-4-1-5(10)3-6(2-4)11-8(16)7-12-14-15-13-7/h1-3H,(H,11,16)(H,12,13,14,15). The molecule has 0 unspecified atom stereocenters. The van der Waals surface area contributed by atoms with E-state index in [0.29, 0.717) is 0 Å². The van der Waals surface area contributed by atoms with Gasteiger partial charge in [0.2, 0.25) is 0 Å². The van der Waals surface area contributed by atoms with Crippen molar-refractivity contribution < 1.29 is 9.18 Å². The molecule has 0 spiro atoms. The van der Waals surface area contributed by atoms with Crippen LogP contribution in [0.15, 0.2) is 18.2 Å². The van der Waals surface area contributed by atoms with Gasteiger partial charge in [0.05, 0.1) is 0 Å². The van der Waals surface area contributed by atoms with Crippen molar-refractivity contribution in [1.29, 1.82) is 0 Å².